The predicted octanol–water partition coefficient (Wildman–Crippen LogP) is 2.81. The van der Waals surface area contributed by atoms with Crippen LogP contribution in [0.15, 0.2) is 12.3 Å². The number of rotatable bonds is 3. The van der Waals surface area contributed by atoms with Gasteiger partial charge in [0.1, 0.15) is 5.69 Å². The smallest absolute Gasteiger partial charge is 0.352 e. The molecule has 0 radical (unpaired) electrons. The van der Waals surface area contributed by atoms with E-state index in [-0.39, 0.29) is 11.7 Å². The summed E-state index contributed by atoms with van der Waals surface area (Å²) < 4.78 is 1.69. The summed E-state index contributed by atoms with van der Waals surface area (Å²) in [7, 11) is 0. The molecule has 1 heterocycles. The van der Waals surface area contributed by atoms with Crippen molar-refractivity contribution in [3.05, 3.63) is 23.0 Å². The van der Waals surface area contributed by atoms with Gasteiger partial charge in [0.2, 0.25) is 0 Å². The lowest BCUT2D eigenvalue weighted by atomic mass is 10.2. The van der Waals surface area contributed by atoms with Gasteiger partial charge in [-0.15, -0.1) is 0 Å². The second-order valence-corrected chi connectivity index (χ2v) is 3.45. The van der Waals surface area contributed by atoms with Crippen LogP contribution >= 0.6 is 11.6 Å². The first kappa shape index (κ1) is 10.1. The molecule has 4 heteroatoms. The van der Waals surface area contributed by atoms with E-state index in [0.717, 1.165) is 6.42 Å². The van der Waals surface area contributed by atoms with Crippen molar-refractivity contribution in [2.75, 3.05) is 0 Å². The number of carbonyl (C=O) groups is 1. The van der Waals surface area contributed by atoms with E-state index in [2.05, 4.69) is 0 Å². The van der Waals surface area contributed by atoms with Gasteiger partial charge in [-0.25, -0.2) is 4.79 Å². The molecule has 3 nitrogen and oxygen atoms in total. The Balaban J connectivity index is 3.11. The zero-order valence-corrected chi connectivity index (χ0v) is 8.38. The topological polar surface area (TPSA) is 42.2 Å². The van der Waals surface area contributed by atoms with E-state index in [1.165, 1.54) is 6.07 Å². The highest BCUT2D eigenvalue weighted by atomic mass is 35.5. The molecule has 1 N–H and O–H groups in total. The molecule has 0 aromatic carbocycles. The third kappa shape index (κ3) is 2.04. The maximum Gasteiger partial charge on any atom is 0.352 e. The number of hydrogen-bond acceptors (Lipinski definition) is 1. The first-order valence-corrected chi connectivity index (χ1v) is 4.54. The second kappa shape index (κ2) is 3.83. The molecule has 72 valence electrons. The molecule has 0 bridgehead atoms. The van der Waals surface area contributed by atoms with E-state index >= 15 is 0 Å². The molecule has 0 saturated heterocycles. The fourth-order valence-electron chi connectivity index (χ4n) is 1.18. The van der Waals surface area contributed by atoms with Gasteiger partial charge >= 0.3 is 5.97 Å². The number of hydrogen-bond donors (Lipinski definition) is 1. The van der Waals surface area contributed by atoms with Crippen molar-refractivity contribution >= 4 is 17.6 Å². The number of carboxylic acid groups (broad SMARTS) is 1. The fourth-order valence-corrected chi connectivity index (χ4v) is 1.39. The zero-order chi connectivity index (χ0) is 10.0. The summed E-state index contributed by atoms with van der Waals surface area (Å²) in [6.07, 6.45) is 2.53. The predicted molar refractivity (Wildman–Crippen MR) is 51.4 cm³/mol. The Morgan fingerprint density at radius 3 is 2.85 bits per heavy atom. The summed E-state index contributed by atoms with van der Waals surface area (Å²) in [4.78, 5) is 10.8. The summed E-state index contributed by atoms with van der Waals surface area (Å²) in [5, 5.41) is 9.31. The van der Waals surface area contributed by atoms with Crippen molar-refractivity contribution in [2.24, 2.45) is 0 Å². The summed E-state index contributed by atoms with van der Waals surface area (Å²) in [5.41, 5.74) is 0.249. The Morgan fingerprint density at radius 1 is 1.77 bits per heavy atom. The van der Waals surface area contributed by atoms with Crippen molar-refractivity contribution < 1.29 is 9.90 Å². The van der Waals surface area contributed by atoms with Crippen LogP contribution in [0.5, 0.6) is 0 Å². The van der Waals surface area contributed by atoms with Crippen LogP contribution in [0.4, 0.5) is 0 Å². The third-order valence-corrected chi connectivity index (χ3v) is 2.31. The summed E-state index contributed by atoms with van der Waals surface area (Å²) >= 11 is 5.73. The highest BCUT2D eigenvalue weighted by molar-refractivity contribution is 6.30. The van der Waals surface area contributed by atoms with E-state index in [1.807, 2.05) is 13.8 Å². The standard InChI is InChI=1S/C9H12ClNO2/c1-3-6(2)11-5-7(10)4-8(11)9(12)13/h4-6H,3H2,1-2H3,(H,12,13). The molecule has 1 aromatic rings. The lowest BCUT2D eigenvalue weighted by Gasteiger charge is -2.12. The van der Waals surface area contributed by atoms with Crippen molar-refractivity contribution in [3.63, 3.8) is 0 Å². The van der Waals surface area contributed by atoms with E-state index < -0.39 is 5.97 Å². The van der Waals surface area contributed by atoms with Crippen LogP contribution in [-0.4, -0.2) is 15.6 Å². The second-order valence-electron chi connectivity index (χ2n) is 3.01. The summed E-state index contributed by atoms with van der Waals surface area (Å²) in [6.45, 7) is 3.97. The van der Waals surface area contributed by atoms with Crippen LogP contribution in [0, 0.1) is 0 Å². The van der Waals surface area contributed by atoms with Crippen molar-refractivity contribution in [1.82, 2.24) is 4.57 Å². The van der Waals surface area contributed by atoms with Crippen LogP contribution in [0.2, 0.25) is 5.02 Å². The van der Waals surface area contributed by atoms with Gasteiger partial charge in [0.25, 0.3) is 0 Å². The molecule has 0 spiro atoms. The van der Waals surface area contributed by atoms with Gasteiger partial charge in [0, 0.05) is 12.2 Å². The van der Waals surface area contributed by atoms with Crippen molar-refractivity contribution in [3.8, 4) is 0 Å². The Morgan fingerprint density at radius 2 is 2.38 bits per heavy atom. The number of aromatic nitrogens is 1. The molecular weight excluding hydrogens is 190 g/mol. The quantitative estimate of drug-likeness (QED) is 0.817. The average molecular weight is 202 g/mol. The molecule has 0 aliphatic heterocycles. The average Bonchev–Trinajstić information content (AvgIpc) is 2.46. The normalized spacial score (nSPS) is 12.8. The summed E-state index contributed by atoms with van der Waals surface area (Å²) in [6, 6.07) is 1.63. The van der Waals surface area contributed by atoms with Gasteiger partial charge in [0.05, 0.1) is 5.02 Å². The van der Waals surface area contributed by atoms with Gasteiger partial charge in [-0.3, -0.25) is 0 Å². The number of nitrogens with zero attached hydrogens (tertiary/aromatic N) is 1. The minimum atomic E-state index is -0.938. The molecule has 0 amide bonds. The molecular formula is C9H12ClNO2. The Kier molecular flexibility index (Phi) is 2.98. The lowest BCUT2D eigenvalue weighted by Crippen LogP contribution is -2.10. The first-order valence-electron chi connectivity index (χ1n) is 4.17. The van der Waals surface area contributed by atoms with E-state index in [9.17, 15) is 4.79 Å². The molecule has 1 atom stereocenters. The largest absolute Gasteiger partial charge is 0.477 e. The zero-order valence-electron chi connectivity index (χ0n) is 7.62. The number of aromatic carboxylic acids is 1. The highest BCUT2D eigenvalue weighted by Gasteiger charge is 2.14. The molecule has 0 aliphatic carbocycles. The number of carboxylic acids is 1. The van der Waals surface area contributed by atoms with Crippen molar-refractivity contribution in [2.45, 2.75) is 26.3 Å². The monoisotopic (exact) mass is 201 g/mol. The van der Waals surface area contributed by atoms with E-state index in [0.29, 0.717) is 5.02 Å². The fraction of sp³-hybridized carbons (Fsp3) is 0.444. The Hall–Kier alpha value is -0.960. The van der Waals surface area contributed by atoms with Crippen molar-refractivity contribution in [1.29, 1.82) is 0 Å². The van der Waals surface area contributed by atoms with Gasteiger partial charge in [-0.1, -0.05) is 18.5 Å². The molecule has 13 heavy (non-hydrogen) atoms. The molecule has 0 saturated carbocycles. The molecule has 0 aliphatic rings. The molecule has 1 rings (SSSR count). The van der Waals surface area contributed by atoms with Crippen LogP contribution in [-0.2, 0) is 0 Å². The minimum absolute atomic E-state index is 0.165. The lowest BCUT2D eigenvalue weighted by molar-refractivity contribution is 0.0683. The van der Waals surface area contributed by atoms with Crippen LogP contribution in [0.25, 0.3) is 0 Å². The summed E-state index contributed by atoms with van der Waals surface area (Å²) in [5.74, 6) is -0.938. The van der Waals surface area contributed by atoms with Gasteiger partial charge in [-0.2, -0.15) is 0 Å². The van der Waals surface area contributed by atoms with Gasteiger partial charge in [-0.05, 0) is 19.4 Å². The number of halogens is 1. The first-order chi connectivity index (χ1) is 6.06. The molecule has 1 aromatic heterocycles. The van der Waals surface area contributed by atoms with E-state index in [4.69, 9.17) is 16.7 Å². The maximum atomic E-state index is 10.8. The van der Waals surface area contributed by atoms with Crippen LogP contribution in [0.1, 0.15) is 36.8 Å². The SMILES string of the molecule is CCC(C)n1cc(Cl)cc1C(=O)O. The molecule has 0 fully saturated rings. The Bertz CT molecular complexity index is 319. The van der Waals surface area contributed by atoms with Crippen LogP contribution < -0.4 is 0 Å². The third-order valence-electron chi connectivity index (χ3n) is 2.10. The maximum absolute atomic E-state index is 10.8. The van der Waals surface area contributed by atoms with Crippen LogP contribution in [0.3, 0.4) is 0 Å². The van der Waals surface area contributed by atoms with E-state index in [1.54, 1.807) is 10.8 Å². The van der Waals surface area contributed by atoms with Gasteiger partial charge in [0.15, 0.2) is 0 Å². The minimum Gasteiger partial charge on any atom is -0.477 e. The Labute approximate surface area is 81.9 Å². The molecule has 1 unspecified atom stereocenters. The highest BCUT2D eigenvalue weighted by Crippen LogP contribution is 2.20. The van der Waals surface area contributed by atoms with Gasteiger partial charge < -0.3 is 9.67 Å².